The molecule has 0 bridgehead atoms. The Bertz CT molecular complexity index is 349. The molecule has 0 aromatic heterocycles. The number of H-pyrrole nitrogens is 1. The zero-order valence-electron chi connectivity index (χ0n) is 7.33. The molecule has 2 heteroatoms. The molecule has 0 amide bonds. The second-order valence-corrected chi connectivity index (χ2v) is 3.34. The second-order valence-electron chi connectivity index (χ2n) is 3.34. The van der Waals surface area contributed by atoms with Gasteiger partial charge >= 0.3 is 0 Å². The fraction of sp³-hybridized carbons (Fsp3) is 0.300. The summed E-state index contributed by atoms with van der Waals surface area (Å²) in [5, 5.41) is 0. The summed E-state index contributed by atoms with van der Waals surface area (Å²) in [6.07, 6.45) is 3.85. The van der Waals surface area contributed by atoms with Crippen LogP contribution in [0.4, 0.5) is 0 Å². The van der Waals surface area contributed by atoms with Gasteiger partial charge in [-0.15, -0.1) is 0 Å². The average molecular weight is 160 g/mol. The Morgan fingerprint density at radius 2 is 2.25 bits per heavy atom. The zero-order valence-corrected chi connectivity index (χ0v) is 7.33. The van der Waals surface area contributed by atoms with Crippen LogP contribution in [-0.4, -0.2) is 9.97 Å². The maximum Gasteiger partial charge on any atom is 0.137 e. The summed E-state index contributed by atoms with van der Waals surface area (Å²) in [4.78, 5) is 7.33. The monoisotopic (exact) mass is 160 g/mol. The predicted molar refractivity (Wildman–Crippen MR) is 49.3 cm³/mol. The fourth-order valence-electron chi connectivity index (χ4n) is 1.29. The van der Waals surface area contributed by atoms with Gasteiger partial charge in [0, 0.05) is 18.0 Å². The van der Waals surface area contributed by atoms with Crippen molar-refractivity contribution in [2.24, 2.45) is 0 Å². The molecule has 0 saturated heterocycles. The van der Waals surface area contributed by atoms with Crippen molar-refractivity contribution in [1.29, 1.82) is 0 Å². The van der Waals surface area contributed by atoms with Crippen LogP contribution < -0.4 is 0 Å². The van der Waals surface area contributed by atoms with E-state index in [1.54, 1.807) is 0 Å². The van der Waals surface area contributed by atoms with Crippen LogP contribution in [0.25, 0.3) is 11.4 Å². The van der Waals surface area contributed by atoms with E-state index >= 15 is 0 Å². The van der Waals surface area contributed by atoms with Crippen LogP contribution >= 0.6 is 0 Å². The lowest BCUT2D eigenvalue weighted by atomic mass is 10.0. The predicted octanol–water partition coefficient (Wildman–Crippen LogP) is 2.64. The third-order valence-corrected chi connectivity index (χ3v) is 2.10. The van der Waals surface area contributed by atoms with Crippen LogP contribution in [0.15, 0.2) is 24.5 Å². The Hall–Kier alpha value is -1.31. The van der Waals surface area contributed by atoms with Gasteiger partial charge in [-0.2, -0.15) is 0 Å². The van der Waals surface area contributed by atoms with E-state index in [1.807, 2.05) is 18.5 Å². The Morgan fingerprint density at radius 3 is 3.00 bits per heavy atom. The lowest BCUT2D eigenvalue weighted by Crippen LogP contribution is -1.91. The maximum absolute atomic E-state index is 4.16. The largest absolute Gasteiger partial charge is 0.346 e. The van der Waals surface area contributed by atoms with Gasteiger partial charge in [0.2, 0.25) is 0 Å². The van der Waals surface area contributed by atoms with Gasteiger partial charge in [-0.3, -0.25) is 0 Å². The molecule has 0 spiro atoms. The molecular weight excluding hydrogens is 148 g/mol. The number of fused-ring (bicyclic) bond motifs is 1. The number of hydrogen-bond donors (Lipinski definition) is 1. The van der Waals surface area contributed by atoms with Crippen LogP contribution in [0.1, 0.15) is 25.3 Å². The Morgan fingerprint density at radius 1 is 1.42 bits per heavy atom. The SMILES string of the molecule is CC(C)c1c[nH]c2nccc-2c1. The standard InChI is InChI=1S/C10H12N2/c1-7(2)9-5-8-3-4-11-10(8)12-6-9/h3-7H,1-2H3,(H,11,12). The minimum Gasteiger partial charge on any atom is -0.346 e. The molecule has 62 valence electrons. The highest BCUT2D eigenvalue weighted by Gasteiger charge is 2.05. The first-order valence-corrected chi connectivity index (χ1v) is 4.20. The molecule has 2 nitrogen and oxygen atoms in total. The summed E-state index contributed by atoms with van der Waals surface area (Å²) in [5.74, 6) is 1.54. The fourth-order valence-corrected chi connectivity index (χ4v) is 1.29. The highest BCUT2D eigenvalue weighted by atomic mass is 14.9. The number of pyridine rings is 1. The van der Waals surface area contributed by atoms with Gasteiger partial charge in [0.05, 0.1) is 0 Å². The van der Waals surface area contributed by atoms with E-state index in [1.165, 1.54) is 11.1 Å². The van der Waals surface area contributed by atoms with Crippen LogP contribution in [-0.2, 0) is 0 Å². The second kappa shape index (κ2) is 2.63. The van der Waals surface area contributed by atoms with E-state index in [2.05, 4.69) is 29.9 Å². The van der Waals surface area contributed by atoms with E-state index in [4.69, 9.17) is 0 Å². The van der Waals surface area contributed by atoms with Crippen molar-refractivity contribution >= 4 is 0 Å². The normalized spacial score (nSPS) is 11.2. The quantitative estimate of drug-likeness (QED) is 0.682. The number of aromatic amines is 1. The molecule has 2 aliphatic rings. The van der Waals surface area contributed by atoms with Crippen molar-refractivity contribution in [3.63, 3.8) is 0 Å². The van der Waals surface area contributed by atoms with E-state index in [-0.39, 0.29) is 0 Å². The van der Waals surface area contributed by atoms with Crippen molar-refractivity contribution < 1.29 is 0 Å². The van der Waals surface area contributed by atoms with Crippen molar-refractivity contribution in [3.05, 3.63) is 30.1 Å². The summed E-state index contributed by atoms with van der Waals surface area (Å²) in [5.41, 5.74) is 2.52. The number of aromatic nitrogens is 2. The number of nitrogens with one attached hydrogen (secondary N) is 1. The number of rotatable bonds is 1. The van der Waals surface area contributed by atoms with Crippen LogP contribution in [0.3, 0.4) is 0 Å². The van der Waals surface area contributed by atoms with Crippen molar-refractivity contribution in [1.82, 2.24) is 9.97 Å². The highest BCUT2D eigenvalue weighted by molar-refractivity contribution is 5.57. The van der Waals surface area contributed by atoms with Crippen molar-refractivity contribution in [3.8, 4) is 11.4 Å². The third kappa shape index (κ3) is 1.09. The molecular formula is C10H12N2. The summed E-state index contributed by atoms with van der Waals surface area (Å²) >= 11 is 0. The Balaban J connectivity index is 2.54. The molecule has 0 fully saturated rings. The summed E-state index contributed by atoms with van der Waals surface area (Å²) in [6.45, 7) is 4.37. The molecule has 12 heavy (non-hydrogen) atoms. The Labute approximate surface area is 72.0 Å². The summed E-state index contributed by atoms with van der Waals surface area (Å²) < 4.78 is 0. The molecule has 2 aliphatic heterocycles. The van der Waals surface area contributed by atoms with E-state index < -0.39 is 0 Å². The summed E-state index contributed by atoms with van der Waals surface area (Å²) in [7, 11) is 0. The first kappa shape index (κ1) is 7.35. The molecule has 0 aromatic carbocycles. The smallest absolute Gasteiger partial charge is 0.137 e. The molecule has 0 radical (unpaired) electrons. The Kier molecular flexibility index (Phi) is 1.61. The van der Waals surface area contributed by atoms with Gasteiger partial charge < -0.3 is 4.98 Å². The van der Waals surface area contributed by atoms with Gasteiger partial charge in [0.15, 0.2) is 0 Å². The molecule has 0 unspecified atom stereocenters. The number of nitrogens with zero attached hydrogens (tertiary/aromatic N) is 1. The van der Waals surface area contributed by atoms with Crippen molar-refractivity contribution in [2.45, 2.75) is 19.8 Å². The maximum atomic E-state index is 4.16. The summed E-state index contributed by atoms with van der Waals surface area (Å²) in [6, 6.07) is 4.21. The lowest BCUT2D eigenvalue weighted by Gasteiger charge is -2.06. The average Bonchev–Trinajstić information content (AvgIpc) is 2.49. The highest BCUT2D eigenvalue weighted by Crippen LogP contribution is 2.22. The molecule has 2 rings (SSSR count). The van der Waals surface area contributed by atoms with Crippen molar-refractivity contribution in [2.75, 3.05) is 0 Å². The molecule has 0 aromatic rings. The topological polar surface area (TPSA) is 28.7 Å². The van der Waals surface area contributed by atoms with E-state index in [9.17, 15) is 0 Å². The minimum absolute atomic E-state index is 0.570. The van der Waals surface area contributed by atoms with Gasteiger partial charge in [-0.25, -0.2) is 4.98 Å². The van der Waals surface area contributed by atoms with E-state index in [0.717, 1.165) is 5.82 Å². The van der Waals surface area contributed by atoms with Crippen LogP contribution in [0.5, 0.6) is 0 Å². The van der Waals surface area contributed by atoms with Gasteiger partial charge in [-0.1, -0.05) is 13.8 Å². The van der Waals surface area contributed by atoms with Crippen LogP contribution in [0.2, 0.25) is 0 Å². The third-order valence-electron chi connectivity index (χ3n) is 2.10. The zero-order chi connectivity index (χ0) is 8.55. The molecule has 0 atom stereocenters. The molecule has 0 saturated carbocycles. The van der Waals surface area contributed by atoms with Gasteiger partial charge in [0.25, 0.3) is 0 Å². The minimum atomic E-state index is 0.570. The first-order valence-electron chi connectivity index (χ1n) is 4.20. The lowest BCUT2D eigenvalue weighted by molar-refractivity contribution is 0.858. The molecule has 1 N–H and O–H groups in total. The van der Waals surface area contributed by atoms with Crippen LogP contribution in [0, 0.1) is 0 Å². The molecule has 0 aliphatic carbocycles. The van der Waals surface area contributed by atoms with E-state index in [0.29, 0.717) is 5.92 Å². The molecule has 2 heterocycles. The number of hydrogen-bond acceptors (Lipinski definition) is 1. The first-order chi connectivity index (χ1) is 5.77. The van der Waals surface area contributed by atoms with Gasteiger partial charge in [0.1, 0.15) is 5.82 Å². The van der Waals surface area contributed by atoms with Gasteiger partial charge in [-0.05, 0) is 23.6 Å².